The number of benzene rings is 1. The Balaban J connectivity index is 1.23. The molecule has 0 unspecified atom stereocenters. The molecule has 0 bridgehead atoms. The van der Waals surface area contributed by atoms with Crippen LogP contribution in [0.5, 0.6) is 5.88 Å². The van der Waals surface area contributed by atoms with Gasteiger partial charge in [-0.2, -0.15) is 8.82 Å². The first-order valence-electron chi connectivity index (χ1n) is 10.0. The van der Waals surface area contributed by atoms with Crippen LogP contribution >= 0.6 is 11.6 Å². The molecule has 5 rings (SSSR count). The van der Waals surface area contributed by atoms with Gasteiger partial charge in [0.25, 0.3) is 5.91 Å². The Labute approximate surface area is 193 Å². The molecule has 1 aliphatic rings. The minimum Gasteiger partial charge on any atom is -0.467 e. The van der Waals surface area contributed by atoms with Crippen LogP contribution in [0.1, 0.15) is 6.42 Å². The maximum Gasteiger partial charge on any atom is 0.258 e. The Hall–Kier alpha value is -3.35. The summed E-state index contributed by atoms with van der Waals surface area (Å²) in [7, 11) is -3.81. The average molecular weight is 488 g/mol. The standard InChI is InChI=1S/C20H18ClN7O4S/c21-15-9-22-8-13-2-1-3-16(20(13)15)33(30,31)27-7-6-14(10-27)24-18(29)11-32-19-5-4-17-25-23-12-28(17)26-19/h1-5,8-9,12,14H,6-7,10-11H2,(H,24,29)/t14-/m1/s1. The predicted octanol–water partition coefficient (Wildman–Crippen LogP) is 1.28. The maximum absolute atomic E-state index is 13.3. The van der Waals surface area contributed by atoms with E-state index in [9.17, 15) is 13.2 Å². The summed E-state index contributed by atoms with van der Waals surface area (Å²) < 4.78 is 34.8. The fourth-order valence-corrected chi connectivity index (χ4v) is 5.83. The predicted molar refractivity (Wildman–Crippen MR) is 118 cm³/mol. The number of carbonyl (C=O) groups is 1. The molecule has 4 aromatic rings. The first kappa shape index (κ1) is 21.5. The summed E-state index contributed by atoms with van der Waals surface area (Å²) in [5, 5.41) is 15.9. The van der Waals surface area contributed by atoms with Crippen molar-refractivity contribution >= 4 is 44.0 Å². The van der Waals surface area contributed by atoms with Crippen LogP contribution in [0, 0.1) is 0 Å². The van der Waals surface area contributed by atoms with Crippen molar-refractivity contribution in [2.24, 2.45) is 0 Å². The lowest BCUT2D eigenvalue weighted by molar-refractivity contribution is -0.123. The second-order valence-electron chi connectivity index (χ2n) is 7.49. The molecule has 170 valence electrons. The van der Waals surface area contributed by atoms with E-state index in [2.05, 4.69) is 25.6 Å². The largest absolute Gasteiger partial charge is 0.467 e. The first-order chi connectivity index (χ1) is 15.9. The lowest BCUT2D eigenvalue weighted by Crippen LogP contribution is -2.40. The second kappa shape index (κ2) is 8.54. The van der Waals surface area contributed by atoms with Crippen molar-refractivity contribution in [2.75, 3.05) is 19.7 Å². The van der Waals surface area contributed by atoms with E-state index < -0.39 is 10.0 Å². The lowest BCUT2D eigenvalue weighted by atomic mass is 10.2. The van der Waals surface area contributed by atoms with Gasteiger partial charge in [-0.3, -0.25) is 9.78 Å². The van der Waals surface area contributed by atoms with Crippen LogP contribution in [-0.4, -0.2) is 69.2 Å². The van der Waals surface area contributed by atoms with Crippen LogP contribution in [0.25, 0.3) is 16.4 Å². The number of hydrogen-bond donors (Lipinski definition) is 1. The van der Waals surface area contributed by atoms with Crippen molar-refractivity contribution in [3.8, 4) is 5.88 Å². The monoisotopic (exact) mass is 487 g/mol. The van der Waals surface area contributed by atoms with Crippen LogP contribution in [0.15, 0.2) is 53.9 Å². The fourth-order valence-electron chi connectivity index (χ4n) is 3.77. The van der Waals surface area contributed by atoms with Crippen molar-refractivity contribution in [2.45, 2.75) is 17.4 Å². The smallest absolute Gasteiger partial charge is 0.258 e. The highest BCUT2D eigenvalue weighted by Crippen LogP contribution is 2.32. The van der Waals surface area contributed by atoms with E-state index in [1.54, 1.807) is 30.5 Å². The molecular formula is C20H18ClN7O4S. The molecule has 13 heteroatoms. The zero-order chi connectivity index (χ0) is 23.0. The van der Waals surface area contributed by atoms with Crippen molar-refractivity contribution in [1.82, 2.24) is 34.4 Å². The van der Waals surface area contributed by atoms with Crippen LogP contribution in [-0.2, 0) is 14.8 Å². The third-order valence-corrected chi connectivity index (χ3v) is 7.52. The number of pyridine rings is 1. The van der Waals surface area contributed by atoms with Gasteiger partial charge in [-0.05, 0) is 18.6 Å². The number of ether oxygens (including phenoxy) is 1. The zero-order valence-corrected chi connectivity index (χ0v) is 18.7. The molecule has 1 atom stereocenters. The fraction of sp³-hybridized carbons (Fsp3) is 0.250. The number of halogens is 1. The Morgan fingerprint density at radius 1 is 1.24 bits per heavy atom. The van der Waals surface area contributed by atoms with E-state index in [-0.39, 0.29) is 47.4 Å². The molecule has 1 aromatic carbocycles. The number of nitrogens with one attached hydrogen (secondary N) is 1. The lowest BCUT2D eigenvalue weighted by Gasteiger charge is -2.18. The summed E-state index contributed by atoms with van der Waals surface area (Å²) >= 11 is 6.25. The summed E-state index contributed by atoms with van der Waals surface area (Å²) in [6.07, 6.45) is 4.90. The van der Waals surface area contributed by atoms with Gasteiger partial charge in [0.05, 0.1) is 9.92 Å². The molecule has 1 aliphatic heterocycles. The van der Waals surface area contributed by atoms with Crippen molar-refractivity contribution < 1.29 is 17.9 Å². The SMILES string of the molecule is O=C(COc1ccc2nncn2n1)N[C@@H]1CCN(S(=O)(=O)c2cccc3cncc(Cl)c23)C1. The summed E-state index contributed by atoms with van der Waals surface area (Å²) in [6.45, 7) is 0.174. The van der Waals surface area contributed by atoms with Gasteiger partial charge in [0.2, 0.25) is 15.9 Å². The second-order valence-corrected chi connectivity index (χ2v) is 9.80. The molecule has 1 amide bonds. The molecule has 3 aromatic heterocycles. The summed E-state index contributed by atoms with van der Waals surface area (Å²) in [4.78, 5) is 16.5. The summed E-state index contributed by atoms with van der Waals surface area (Å²) in [5.41, 5.74) is 0.558. The van der Waals surface area contributed by atoms with Gasteiger partial charge in [-0.25, -0.2) is 8.42 Å². The van der Waals surface area contributed by atoms with Crippen LogP contribution in [0.2, 0.25) is 5.02 Å². The highest BCUT2D eigenvalue weighted by atomic mass is 35.5. The Bertz CT molecular complexity index is 1450. The van der Waals surface area contributed by atoms with Gasteiger partial charge < -0.3 is 10.1 Å². The minimum atomic E-state index is -3.81. The molecule has 0 aliphatic carbocycles. The average Bonchev–Trinajstić information content (AvgIpc) is 3.47. The highest BCUT2D eigenvalue weighted by molar-refractivity contribution is 7.89. The molecule has 0 radical (unpaired) electrons. The first-order valence-corrected chi connectivity index (χ1v) is 11.9. The van der Waals surface area contributed by atoms with Gasteiger partial charge >= 0.3 is 0 Å². The number of rotatable bonds is 6. The van der Waals surface area contributed by atoms with E-state index in [1.165, 1.54) is 27.4 Å². The van der Waals surface area contributed by atoms with Crippen LogP contribution in [0.4, 0.5) is 0 Å². The molecule has 11 nitrogen and oxygen atoms in total. The third-order valence-electron chi connectivity index (χ3n) is 5.32. The quantitative estimate of drug-likeness (QED) is 0.430. The maximum atomic E-state index is 13.3. The molecule has 0 saturated carbocycles. The number of carbonyl (C=O) groups excluding carboxylic acids is 1. The van der Waals surface area contributed by atoms with E-state index >= 15 is 0 Å². The molecule has 1 N–H and O–H groups in total. The topological polar surface area (TPSA) is 132 Å². The number of fused-ring (bicyclic) bond motifs is 2. The van der Waals surface area contributed by atoms with Crippen molar-refractivity contribution in [3.05, 3.63) is 54.1 Å². The Kier molecular flexibility index (Phi) is 5.56. The third kappa shape index (κ3) is 4.19. The molecule has 1 saturated heterocycles. The van der Waals surface area contributed by atoms with Crippen molar-refractivity contribution in [1.29, 1.82) is 0 Å². The van der Waals surface area contributed by atoms with Gasteiger partial charge in [-0.1, -0.05) is 23.7 Å². The van der Waals surface area contributed by atoms with Gasteiger partial charge in [0.1, 0.15) is 6.33 Å². The number of hydrogen-bond acceptors (Lipinski definition) is 8. The normalized spacial score (nSPS) is 16.9. The molecule has 1 fully saturated rings. The van der Waals surface area contributed by atoms with Gasteiger partial charge in [0.15, 0.2) is 12.3 Å². The van der Waals surface area contributed by atoms with E-state index in [0.29, 0.717) is 22.8 Å². The minimum absolute atomic E-state index is 0.123. The molecule has 33 heavy (non-hydrogen) atoms. The number of sulfonamides is 1. The molecule has 4 heterocycles. The number of amides is 1. The molecular weight excluding hydrogens is 470 g/mol. The van der Waals surface area contributed by atoms with Crippen molar-refractivity contribution in [3.63, 3.8) is 0 Å². The Morgan fingerprint density at radius 3 is 3.00 bits per heavy atom. The van der Waals surface area contributed by atoms with E-state index in [1.807, 2.05) is 0 Å². The Morgan fingerprint density at radius 2 is 2.12 bits per heavy atom. The van der Waals surface area contributed by atoms with Gasteiger partial charge in [0, 0.05) is 48.4 Å². The van der Waals surface area contributed by atoms with E-state index in [0.717, 1.165) is 0 Å². The van der Waals surface area contributed by atoms with E-state index in [4.69, 9.17) is 16.3 Å². The summed E-state index contributed by atoms with van der Waals surface area (Å²) in [5.74, 6) is -0.125. The van der Waals surface area contributed by atoms with Crippen LogP contribution in [0.3, 0.4) is 0 Å². The summed E-state index contributed by atoms with van der Waals surface area (Å²) in [6, 6.07) is 7.87. The highest BCUT2D eigenvalue weighted by Gasteiger charge is 2.34. The molecule has 0 spiro atoms. The van der Waals surface area contributed by atoms with Gasteiger partial charge in [-0.15, -0.1) is 15.3 Å². The number of aromatic nitrogens is 5. The zero-order valence-electron chi connectivity index (χ0n) is 17.1. The number of nitrogens with zero attached hydrogens (tertiary/aromatic N) is 6. The van der Waals surface area contributed by atoms with Crippen LogP contribution < -0.4 is 10.1 Å².